The van der Waals surface area contributed by atoms with Crippen LogP contribution >= 0.6 is 0 Å². The van der Waals surface area contributed by atoms with Gasteiger partial charge in [-0.1, -0.05) is 27.2 Å². The van der Waals surface area contributed by atoms with Crippen molar-refractivity contribution in [2.75, 3.05) is 0 Å². The molecule has 0 radical (unpaired) electrons. The zero-order chi connectivity index (χ0) is 8.01. The average molecular weight is 152 g/mol. The fourth-order valence-electron chi connectivity index (χ4n) is 3.36. The molecule has 0 heterocycles. The Hall–Kier alpha value is 0. The van der Waals surface area contributed by atoms with Crippen molar-refractivity contribution < 1.29 is 0 Å². The Morgan fingerprint density at radius 1 is 1.09 bits per heavy atom. The van der Waals surface area contributed by atoms with E-state index in [0.717, 1.165) is 29.6 Å². The van der Waals surface area contributed by atoms with Crippen LogP contribution in [0, 0.1) is 29.6 Å². The normalized spacial score (nSPS) is 55.4. The van der Waals surface area contributed by atoms with Crippen molar-refractivity contribution >= 4 is 0 Å². The maximum Gasteiger partial charge on any atom is -0.0352 e. The first-order valence-electron chi connectivity index (χ1n) is 5.24. The van der Waals surface area contributed by atoms with Gasteiger partial charge in [-0.2, -0.15) is 0 Å². The molecule has 0 amide bonds. The molecule has 2 rings (SSSR count). The van der Waals surface area contributed by atoms with Crippen LogP contribution < -0.4 is 0 Å². The molecule has 0 bridgehead atoms. The summed E-state index contributed by atoms with van der Waals surface area (Å²) in [5.74, 6) is 5.40. The lowest BCUT2D eigenvalue weighted by molar-refractivity contribution is 0.0749. The molecule has 5 atom stereocenters. The third-order valence-electron chi connectivity index (χ3n) is 4.47. The minimum Gasteiger partial charge on any atom is -0.0651 e. The lowest BCUT2D eigenvalue weighted by Gasteiger charge is -2.42. The molecular formula is C11H20. The van der Waals surface area contributed by atoms with E-state index in [4.69, 9.17) is 0 Å². The highest BCUT2D eigenvalue weighted by Gasteiger charge is 2.49. The van der Waals surface area contributed by atoms with Crippen LogP contribution in [-0.4, -0.2) is 0 Å². The van der Waals surface area contributed by atoms with Gasteiger partial charge in [-0.25, -0.2) is 0 Å². The summed E-state index contributed by atoms with van der Waals surface area (Å²) in [6.45, 7) is 7.26. The maximum atomic E-state index is 2.46. The molecule has 11 heavy (non-hydrogen) atoms. The zero-order valence-electron chi connectivity index (χ0n) is 8.01. The van der Waals surface area contributed by atoms with Crippen LogP contribution in [0.5, 0.6) is 0 Å². The standard InChI is InChI=1S/C11H20/c1-4-9-6-10-8(3)7(2)5-11(9)10/h7-11H,4-6H2,1-3H3. The van der Waals surface area contributed by atoms with Gasteiger partial charge in [0.2, 0.25) is 0 Å². The van der Waals surface area contributed by atoms with Crippen LogP contribution in [0.25, 0.3) is 0 Å². The van der Waals surface area contributed by atoms with Gasteiger partial charge in [-0.15, -0.1) is 0 Å². The predicted octanol–water partition coefficient (Wildman–Crippen LogP) is 3.32. The zero-order valence-corrected chi connectivity index (χ0v) is 8.01. The molecule has 2 fully saturated rings. The molecule has 0 spiro atoms. The van der Waals surface area contributed by atoms with Gasteiger partial charge in [0.25, 0.3) is 0 Å². The van der Waals surface area contributed by atoms with Gasteiger partial charge in [0.15, 0.2) is 0 Å². The number of fused-ring (bicyclic) bond motifs is 1. The Bertz CT molecular complexity index is 150. The second-order valence-electron chi connectivity index (χ2n) is 4.80. The molecule has 2 aliphatic carbocycles. The van der Waals surface area contributed by atoms with Crippen LogP contribution in [-0.2, 0) is 0 Å². The highest BCUT2D eigenvalue weighted by Crippen LogP contribution is 2.57. The molecule has 0 nitrogen and oxygen atoms in total. The Labute approximate surface area is 70.4 Å². The van der Waals surface area contributed by atoms with E-state index in [9.17, 15) is 0 Å². The van der Waals surface area contributed by atoms with Crippen molar-refractivity contribution in [3.05, 3.63) is 0 Å². The predicted molar refractivity (Wildman–Crippen MR) is 48.3 cm³/mol. The van der Waals surface area contributed by atoms with Gasteiger partial charge in [0.1, 0.15) is 0 Å². The number of rotatable bonds is 1. The molecule has 0 aromatic carbocycles. The summed E-state index contributed by atoms with van der Waals surface area (Å²) < 4.78 is 0. The molecule has 0 N–H and O–H groups in total. The minimum absolute atomic E-state index is 1.02. The van der Waals surface area contributed by atoms with E-state index in [2.05, 4.69) is 20.8 Å². The van der Waals surface area contributed by atoms with Crippen LogP contribution in [0.1, 0.15) is 40.0 Å². The summed E-state index contributed by atoms with van der Waals surface area (Å²) >= 11 is 0. The first-order chi connectivity index (χ1) is 5.24. The minimum atomic E-state index is 1.02. The van der Waals surface area contributed by atoms with E-state index >= 15 is 0 Å². The highest BCUT2D eigenvalue weighted by atomic mass is 14.5. The van der Waals surface area contributed by atoms with Crippen molar-refractivity contribution in [1.82, 2.24) is 0 Å². The fourth-order valence-corrected chi connectivity index (χ4v) is 3.36. The van der Waals surface area contributed by atoms with Gasteiger partial charge in [0, 0.05) is 0 Å². The van der Waals surface area contributed by atoms with Crippen molar-refractivity contribution in [2.45, 2.75) is 40.0 Å². The maximum absolute atomic E-state index is 2.46. The molecule has 0 aromatic heterocycles. The van der Waals surface area contributed by atoms with Crippen LogP contribution in [0.15, 0.2) is 0 Å². The van der Waals surface area contributed by atoms with Crippen molar-refractivity contribution in [3.8, 4) is 0 Å². The SMILES string of the molecule is CCC1CC2C(C)C(C)CC12. The van der Waals surface area contributed by atoms with E-state index in [1.54, 1.807) is 6.42 Å². The first kappa shape index (κ1) is 7.64. The molecule has 0 aromatic rings. The van der Waals surface area contributed by atoms with E-state index in [1.165, 1.54) is 12.8 Å². The summed E-state index contributed by atoms with van der Waals surface area (Å²) in [4.78, 5) is 0. The number of hydrogen-bond acceptors (Lipinski definition) is 0. The van der Waals surface area contributed by atoms with E-state index in [-0.39, 0.29) is 0 Å². The Kier molecular flexibility index (Phi) is 1.74. The molecule has 0 aliphatic heterocycles. The Morgan fingerprint density at radius 3 is 2.36 bits per heavy atom. The van der Waals surface area contributed by atoms with Crippen LogP contribution in [0.4, 0.5) is 0 Å². The van der Waals surface area contributed by atoms with E-state index in [0.29, 0.717) is 0 Å². The molecule has 0 heteroatoms. The van der Waals surface area contributed by atoms with Crippen LogP contribution in [0.2, 0.25) is 0 Å². The second kappa shape index (κ2) is 2.50. The van der Waals surface area contributed by atoms with Gasteiger partial charge in [-0.3, -0.25) is 0 Å². The summed E-state index contributed by atoms with van der Waals surface area (Å²) in [5.41, 5.74) is 0. The van der Waals surface area contributed by atoms with Crippen molar-refractivity contribution in [3.63, 3.8) is 0 Å². The summed E-state index contributed by atoms with van der Waals surface area (Å²) in [6.07, 6.45) is 4.51. The lowest BCUT2D eigenvalue weighted by atomic mass is 9.63. The average Bonchev–Trinajstić information content (AvgIpc) is 2.15. The smallest absolute Gasteiger partial charge is 0.0352 e. The Balaban J connectivity index is 2.00. The lowest BCUT2D eigenvalue weighted by Crippen LogP contribution is -2.34. The summed E-state index contributed by atoms with van der Waals surface area (Å²) in [6, 6.07) is 0. The third-order valence-corrected chi connectivity index (χ3v) is 4.47. The van der Waals surface area contributed by atoms with Crippen LogP contribution in [0.3, 0.4) is 0 Å². The monoisotopic (exact) mass is 152 g/mol. The molecule has 2 saturated carbocycles. The summed E-state index contributed by atoms with van der Waals surface area (Å²) in [7, 11) is 0. The largest absolute Gasteiger partial charge is 0.0651 e. The second-order valence-corrected chi connectivity index (χ2v) is 4.80. The summed E-state index contributed by atoms with van der Waals surface area (Å²) in [5, 5.41) is 0. The van der Waals surface area contributed by atoms with E-state index < -0.39 is 0 Å². The van der Waals surface area contributed by atoms with E-state index in [1.807, 2.05) is 0 Å². The molecule has 2 aliphatic rings. The number of hydrogen-bond donors (Lipinski definition) is 0. The molecule has 64 valence electrons. The van der Waals surface area contributed by atoms with Crippen molar-refractivity contribution in [1.29, 1.82) is 0 Å². The fraction of sp³-hybridized carbons (Fsp3) is 1.00. The first-order valence-corrected chi connectivity index (χ1v) is 5.24. The quantitative estimate of drug-likeness (QED) is 0.540. The van der Waals surface area contributed by atoms with Gasteiger partial charge in [-0.05, 0) is 42.4 Å². The third kappa shape index (κ3) is 0.947. The highest BCUT2D eigenvalue weighted by molar-refractivity contribution is 4.98. The Morgan fingerprint density at radius 2 is 1.82 bits per heavy atom. The molecule has 5 unspecified atom stereocenters. The van der Waals surface area contributed by atoms with Crippen molar-refractivity contribution in [2.24, 2.45) is 29.6 Å². The van der Waals surface area contributed by atoms with Gasteiger partial charge in [0.05, 0.1) is 0 Å². The topological polar surface area (TPSA) is 0 Å². The van der Waals surface area contributed by atoms with Gasteiger partial charge >= 0.3 is 0 Å². The van der Waals surface area contributed by atoms with Gasteiger partial charge < -0.3 is 0 Å². The molecule has 0 saturated heterocycles. The molecular weight excluding hydrogens is 132 g/mol.